The van der Waals surface area contributed by atoms with Crippen LogP contribution < -0.4 is 9.47 Å². The van der Waals surface area contributed by atoms with Gasteiger partial charge in [-0.25, -0.2) is 0 Å². The summed E-state index contributed by atoms with van der Waals surface area (Å²) in [5.74, 6) is 2.54. The minimum atomic E-state index is 0.0546. The summed E-state index contributed by atoms with van der Waals surface area (Å²) in [4.78, 5) is 15.1. The first kappa shape index (κ1) is 18.4. The molecule has 0 saturated heterocycles. The molecular formula is C21H27NO4. The van der Waals surface area contributed by atoms with E-state index in [2.05, 4.69) is 13.8 Å². The van der Waals surface area contributed by atoms with E-state index < -0.39 is 0 Å². The molecule has 1 aromatic carbocycles. The van der Waals surface area contributed by atoms with Crippen LogP contribution in [-0.2, 0) is 17.9 Å². The predicted octanol–water partition coefficient (Wildman–Crippen LogP) is 4.75. The molecule has 0 fully saturated rings. The number of ether oxygens (including phenoxy) is 2. The molecule has 0 bridgehead atoms. The SMILES string of the molecule is CCCCC(CC)C(=O)N(Cc1ccc2c(c1)OCO2)Cc1ccco1. The summed E-state index contributed by atoms with van der Waals surface area (Å²) in [5, 5.41) is 0. The van der Waals surface area contributed by atoms with Gasteiger partial charge in [0.2, 0.25) is 12.7 Å². The zero-order valence-electron chi connectivity index (χ0n) is 15.6. The van der Waals surface area contributed by atoms with Crippen LogP contribution in [-0.4, -0.2) is 17.6 Å². The van der Waals surface area contributed by atoms with Crippen molar-refractivity contribution in [3.05, 3.63) is 47.9 Å². The molecule has 5 heteroatoms. The quantitative estimate of drug-likeness (QED) is 0.650. The summed E-state index contributed by atoms with van der Waals surface area (Å²) in [7, 11) is 0. The number of furan rings is 1. The normalized spacial score (nSPS) is 13.6. The first-order valence-electron chi connectivity index (χ1n) is 9.41. The molecule has 0 spiro atoms. The van der Waals surface area contributed by atoms with E-state index in [-0.39, 0.29) is 18.6 Å². The molecule has 0 N–H and O–H groups in total. The number of benzene rings is 1. The second-order valence-corrected chi connectivity index (χ2v) is 6.71. The van der Waals surface area contributed by atoms with Crippen molar-refractivity contribution in [1.29, 1.82) is 0 Å². The Bertz CT molecular complexity index is 711. The van der Waals surface area contributed by atoms with Crippen molar-refractivity contribution in [2.45, 2.75) is 52.6 Å². The highest BCUT2D eigenvalue weighted by atomic mass is 16.7. The smallest absolute Gasteiger partial charge is 0.231 e. The highest BCUT2D eigenvalue weighted by Gasteiger charge is 2.24. The van der Waals surface area contributed by atoms with Gasteiger partial charge < -0.3 is 18.8 Å². The molecule has 0 saturated carbocycles. The molecule has 5 nitrogen and oxygen atoms in total. The number of rotatable bonds is 9. The van der Waals surface area contributed by atoms with Crippen LogP contribution in [0.1, 0.15) is 50.9 Å². The number of carbonyl (C=O) groups is 1. The van der Waals surface area contributed by atoms with Gasteiger partial charge in [-0.15, -0.1) is 0 Å². The van der Waals surface area contributed by atoms with Crippen molar-refractivity contribution in [3.8, 4) is 11.5 Å². The summed E-state index contributed by atoms with van der Waals surface area (Å²) >= 11 is 0. The molecule has 1 aromatic heterocycles. The highest BCUT2D eigenvalue weighted by Crippen LogP contribution is 2.33. The molecule has 1 aliphatic heterocycles. The number of unbranched alkanes of at least 4 members (excludes halogenated alkanes) is 1. The minimum Gasteiger partial charge on any atom is -0.467 e. The lowest BCUT2D eigenvalue weighted by atomic mass is 9.97. The molecule has 1 aliphatic rings. The Labute approximate surface area is 154 Å². The van der Waals surface area contributed by atoms with E-state index in [4.69, 9.17) is 13.9 Å². The van der Waals surface area contributed by atoms with Crippen LogP contribution in [0.4, 0.5) is 0 Å². The minimum absolute atomic E-state index is 0.0546. The number of hydrogen-bond donors (Lipinski definition) is 0. The van der Waals surface area contributed by atoms with Gasteiger partial charge in [0.1, 0.15) is 5.76 Å². The molecule has 3 rings (SSSR count). The van der Waals surface area contributed by atoms with Gasteiger partial charge in [-0.05, 0) is 42.7 Å². The lowest BCUT2D eigenvalue weighted by Crippen LogP contribution is -2.35. The first-order chi connectivity index (χ1) is 12.7. The van der Waals surface area contributed by atoms with Crippen LogP contribution >= 0.6 is 0 Å². The van der Waals surface area contributed by atoms with Crippen molar-refractivity contribution in [2.24, 2.45) is 5.92 Å². The fourth-order valence-corrected chi connectivity index (χ4v) is 3.27. The Morgan fingerprint density at radius 2 is 2.00 bits per heavy atom. The lowest BCUT2D eigenvalue weighted by Gasteiger charge is -2.26. The van der Waals surface area contributed by atoms with Crippen LogP contribution in [0.15, 0.2) is 41.0 Å². The standard InChI is InChI=1S/C21H27NO4/c1-3-5-7-17(4-2)21(23)22(14-18-8-6-11-24-18)13-16-9-10-19-20(12-16)26-15-25-19/h6,8-12,17H,3-5,7,13-15H2,1-2H3. The summed E-state index contributed by atoms with van der Waals surface area (Å²) in [6.07, 6.45) is 5.61. The van der Waals surface area contributed by atoms with E-state index in [1.165, 1.54) is 0 Å². The summed E-state index contributed by atoms with van der Waals surface area (Å²) in [6, 6.07) is 9.61. The Hall–Kier alpha value is -2.43. The fourth-order valence-electron chi connectivity index (χ4n) is 3.27. The molecule has 140 valence electrons. The summed E-state index contributed by atoms with van der Waals surface area (Å²) < 4.78 is 16.3. The van der Waals surface area contributed by atoms with E-state index in [0.29, 0.717) is 13.1 Å². The van der Waals surface area contributed by atoms with Crippen molar-refractivity contribution < 1.29 is 18.7 Å². The van der Waals surface area contributed by atoms with Gasteiger partial charge in [-0.2, -0.15) is 0 Å². The average molecular weight is 357 g/mol. The fraction of sp³-hybridized carbons (Fsp3) is 0.476. The molecule has 1 unspecified atom stereocenters. The number of hydrogen-bond acceptors (Lipinski definition) is 4. The lowest BCUT2D eigenvalue weighted by molar-refractivity contribution is -0.137. The zero-order valence-corrected chi connectivity index (χ0v) is 15.6. The van der Waals surface area contributed by atoms with Gasteiger partial charge in [-0.3, -0.25) is 4.79 Å². The van der Waals surface area contributed by atoms with E-state index >= 15 is 0 Å². The van der Waals surface area contributed by atoms with E-state index in [1.807, 2.05) is 35.2 Å². The van der Waals surface area contributed by atoms with Crippen molar-refractivity contribution in [2.75, 3.05) is 6.79 Å². The van der Waals surface area contributed by atoms with Crippen LogP contribution in [0.2, 0.25) is 0 Å². The predicted molar refractivity (Wildman–Crippen MR) is 98.8 cm³/mol. The molecule has 26 heavy (non-hydrogen) atoms. The van der Waals surface area contributed by atoms with E-state index in [1.54, 1.807) is 6.26 Å². The van der Waals surface area contributed by atoms with Gasteiger partial charge >= 0.3 is 0 Å². The van der Waals surface area contributed by atoms with Gasteiger partial charge in [-0.1, -0.05) is 32.8 Å². The van der Waals surface area contributed by atoms with Crippen LogP contribution in [0, 0.1) is 5.92 Å². The second-order valence-electron chi connectivity index (χ2n) is 6.71. The van der Waals surface area contributed by atoms with Gasteiger partial charge in [0.15, 0.2) is 11.5 Å². The summed E-state index contributed by atoms with van der Waals surface area (Å²) in [5.41, 5.74) is 1.03. The maximum absolute atomic E-state index is 13.2. The van der Waals surface area contributed by atoms with Crippen molar-refractivity contribution in [1.82, 2.24) is 4.90 Å². The number of amides is 1. The largest absolute Gasteiger partial charge is 0.467 e. The molecule has 1 atom stereocenters. The number of fused-ring (bicyclic) bond motifs is 1. The topological polar surface area (TPSA) is 51.9 Å². The molecule has 0 radical (unpaired) electrons. The third-order valence-electron chi connectivity index (χ3n) is 4.80. The van der Waals surface area contributed by atoms with Gasteiger partial charge in [0, 0.05) is 12.5 Å². The zero-order chi connectivity index (χ0) is 18.4. The van der Waals surface area contributed by atoms with Gasteiger partial charge in [0.25, 0.3) is 0 Å². The third-order valence-corrected chi connectivity index (χ3v) is 4.80. The molecule has 1 amide bonds. The molecule has 2 aromatic rings. The Kier molecular flexibility index (Phi) is 6.21. The summed E-state index contributed by atoms with van der Waals surface area (Å²) in [6.45, 7) is 5.50. The monoisotopic (exact) mass is 357 g/mol. The number of nitrogens with zero attached hydrogens (tertiary/aromatic N) is 1. The molecule has 0 aliphatic carbocycles. The number of carbonyl (C=O) groups excluding carboxylic acids is 1. The average Bonchev–Trinajstić information content (AvgIpc) is 3.32. The molecular weight excluding hydrogens is 330 g/mol. The van der Waals surface area contributed by atoms with E-state index in [9.17, 15) is 4.79 Å². The van der Waals surface area contributed by atoms with Crippen LogP contribution in [0.5, 0.6) is 11.5 Å². The Morgan fingerprint density at radius 1 is 1.15 bits per heavy atom. The van der Waals surface area contributed by atoms with Crippen LogP contribution in [0.3, 0.4) is 0 Å². The van der Waals surface area contributed by atoms with Crippen molar-refractivity contribution >= 4 is 5.91 Å². The van der Waals surface area contributed by atoms with Crippen LogP contribution in [0.25, 0.3) is 0 Å². The van der Waals surface area contributed by atoms with Gasteiger partial charge in [0.05, 0.1) is 12.8 Å². The Morgan fingerprint density at radius 3 is 2.73 bits per heavy atom. The maximum Gasteiger partial charge on any atom is 0.231 e. The Balaban J connectivity index is 1.77. The third kappa shape index (κ3) is 4.40. The first-order valence-corrected chi connectivity index (χ1v) is 9.41. The van der Waals surface area contributed by atoms with E-state index in [0.717, 1.165) is 48.5 Å². The van der Waals surface area contributed by atoms with Crippen molar-refractivity contribution in [3.63, 3.8) is 0 Å². The molecule has 2 heterocycles. The second kappa shape index (κ2) is 8.79. The maximum atomic E-state index is 13.2. The highest BCUT2D eigenvalue weighted by molar-refractivity contribution is 5.78.